The number of amides is 4. The summed E-state index contributed by atoms with van der Waals surface area (Å²) in [6.45, 7) is 6.06. The molecule has 1 fully saturated rings. The van der Waals surface area contributed by atoms with Crippen molar-refractivity contribution in [2.75, 3.05) is 18.1 Å². The Balaban J connectivity index is 2.00. The van der Waals surface area contributed by atoms with Crippen LogP contribution in [0, 0.1) is 13.7 Å². The Morgan fingerprint density at radius 1 is 1.18 bits per heavy atom. The van der Waals surface area contributed by atoms with Crippen molar-refractivity contribution in [3.05, 3.63) is 73.9 Å². The largest absolute Gasteiger partial charge is 0.490 e. The molecule has 1 aliphatic rings. The van der Waals surface area contributed by atoms with Gasteiger partial charge in [0.25, 0.3) is 17.5 Å². The van der Waals surface area contributed by atoms with Crippen LogP contribution in [0.15, 0.2) is 54.6 Å². The monoisotopic (exact) mass is 563 g/mol. The van der Waals surface area contributed by atoms with Crippen LogP contribution in [0.3, 0.4) is 0 Å². The standard InChI is InChI=1S/C22H18IN3O7/c1-3-9-33-19-17(23)11-13(12-18(19)32-4-2)10-16-20(27)24-22(29)25(21(16)28)14-5-7-15(8-6-14)26(30)31/h3,5-8,10-12H,1,4,9H2,2H3,(H,24,27,29)/b16-10+. The number of nitrogens with zero attached hydrogens (tertiary/aromatic N) is 2. The number of nitro groups is 1. The number of urea groups is 1. The fourth-order valence-electron chi connectivity index (χ4n) is 3.00. The summed E-state index contributed by atoms with van der Waals surface area (Å²) in [5, 5.41) is 13.0. The number of halogens is 1. The van der Waals surface area contributed by atoms with E-state index < -0.39 is 22.8 Å². The SMILES string of the molecule is C=CCOc1c(I)cc(/C=C2\C(=O)NC(=O)N(c3ccc([N+](=O)[O-])cc3)C2=O)cc1OCC. The molecule has 0 aliphatic carbocycles. The molecule has 170 valence electrons. The van der Waals surface area contributed by atoms with Gasteiger partial charge in [0.05, 0.1) is 20.8 Å². The zero-order valence-corrected chi connectivity index (χ0v) is 19.5. The summed E-state index contributed by atoms with van der Waals surface area (Å²) in [4.78, 5) is 48.8. The van der Waals surface area contributed by atoms with Crippen LogP contribution in [0.4, 0.5) is 16.2 Å². The zero-order valence-electron chi connectivity index (χ0n) is 17.4. The minimum absolute atomic E-state index is 0.0826. The van der Waals surface area contributed by atoms with E-state index in [0.29, 0.717) is 27.2 Å². The quantitative estimate of drug-likeness (QED) is 0.129. The Morgan fingerprint density at radius 2 is 1.88 bits per heavy atom. The highest BCUT2D eigenvalue weighted by Crippen LogP contribution is 2.35. The summed E-state index contributed by atoms with van der Waals surface area (Å²) in [7, 11) is 0. The molecule has 2 aromatic carbocycles. The molecule has 1 heterocycles. The molecule has 0 bridgehead atoms. The molecule has 4 amide bonds. The second-order valence-electron chi connectivity index (χ2n) is 6.59. The third kappa shape index (κ3) is 5.19. The van der Waals surface area contributed by atoms with Gasteiger partial charge in [0.1, 0.15) is 12.2 Å². The molecule has 11 heteroatoms. The number of non-ortho nitro benzene ring substituents is 1. The molecule has 0 saturated carbocycles. The predicted molar refractivity (Wildman–Crippen MR) is 128 cm³/mol. The Bertz CT molecular complexity index is 1180. The van der Waals surface area contributed by atoms with Crippen LogP contribution in [-0.2, 0) is 9.59 Å². The Kier molecular flexibility index (Phi) is 7.43. The number of nitrogens with one attached hydrogen (secondary N) is 1. The maximum absolute atomic E-state index is 13.0. The second-order valence-corrected chi connectivity index (χ2v) is 7.76. The van der Waals surface area contributed by atoms with Crippen LogP contribution in [0.1, 0.15) is 12.5 Å². The van der Waals surface area contributed by atoms with Crippen molar-refractivity contribution in [1.82, 2.24) is 5.32 Å². The van der Waals surface area contributed by atoms with Crippen LogP contribution in [0.2, 0.25) is 0 Å². The van der Waals surface area contributed by atoms with Gasteiger partial charge in [0.2, 0.25) is 0 Å². The highest BCUT2D eigenvalue weighted by molar-refractivity contribution is 14.1. The number of rotatable bonds is 8. The molecule has 0 atom stereocenters. The van der Waals surface area contributed by atoms with Gasteiger partial charge in [-0.1, -0.05) is 12.7 Å². The van der Waals surface area contributed by atoms with E-state index in [-0.39, 0.29) is 23.6 Å². The Labute approximate surface area is 202 Å². The second kappa shape index (κ2) is 10.3. The number of imide groups is 2. The molecule has 0 aromatic heterocycles. The Morgan fingerprint density at radius 3 is 2.48 bits per heavy atom. The average Bonchev–Trinajstić information content (AvgIpc) is 2.76. The van der Waals surface area contributed by atoms with E-state index in [9.17, 15) is 24.5 Å². The number of nitro benzene ring substituents is 1. The van der Waals surface area contributed by atoms with Crippen LogP contribution in [0.5, 0.6) is 11.5 Å². The average molecular weight is 563 g/mol. The molecule has 1 aliphatic heterocycles. The first-order valence-corrected chi connectivity index (χ1v) is 10.7. The third-order valence-corrected chi connectivity index (χ3v) is 5.21. The highest BCUT2D eigenvalue weighted by atomic mass is 127. The molecule has 2 aromatic rings. The molecule has 33 heavy (non-hydrogen) atoms. The summed E-state index contributed by atoms with van der Waals surface area (Å²) in [6, 6.07) is 7.19. The van der Waals surface area contributed by atoms with Gasteiger partial charge in [0, 0.05) is 12.1 Å². The van der Waals surface area contributed by atoms with Crippen molar-refractivity contribution in [3.63, 3.8) is 0 Å². The predicted octanol–water partition coefficient (Wildman–Crippen LogP) is 3.83. The number of ether oxygens (including phenoxy) is 2. The van der Waals surface area contributed by atoms with Crippen LogP contribution < -0.4 is 19.7 Å². The first kappa shape index (κ1) is 23.9. The normalized spacial score (nSPS) is 14.8. The van der Waals surface area contributed by atoms with Gasteiger partial charge < -0.3 is 9.47 Å². The van der Waals surface area contributed by atoms with E-state index in [2.05, 4.69) is 11.9 Å². The molecule has 0 spiro atoms. The number of carbonyl (C=O) groups excluding carboxylic acids is 3. The highest BCUT2D eigenvalue weighted by Gasteiger charge is 2.37. The fraction of sp³-hybridized carbons (Fsp3) is 0.136. The zero-order chi connectivity index (χ0) is 24.1. The lowest BCUT2D eigenvalue weighted by Gasteiger charge is -2.26. The van der Waals surface area contributed by atoms with Gasteiger partial charge in [-0.15, -0.1) is 0 Å². The van der Waals surface area contributed by atoms with Gasteiger partial charge in [-0.05, 0) is 65.4 Å². The number of anilines is 1. The summed E-state index contributed by atoms with van der Waals surface area (Å²) in [6.07, 6.45) is 2.93. The number of barbiturate groups is 1. The summed E-state index contributed by atoms with van der Waals surface area (Å²) in [5.74, 6) is -0.799. The minimum Gasteiger partial charge on any atom is -0.490 e. The van der Waals surface area contributed by atoms with Gasteiger partial charge in [-0.25, -0.2) is 9.69 Å². The van der Waals surface area contributed by atoms with Gasteiger partial charge in [-0.2, -0.15) is 0 Å². The maximum atomic E-state index is 13.0. The van der Waals surface area contributed by atoms with Crippen LogP contribution in [-0.4, -0.2) is 36.0 Å². The summed E-state index contributed by atoms with van der Waals surface area (Å²) < 4.78 is 12.0. The van der Waals surface area contributed by atoms with Crippen molar-refractivity contribution in [1.29, 1.82) is 0 Å². The van der Waals surface area contributed by atoms with Gasteiger partial charge in [0.15, 0.2) is 11.5 Å². The van der Waals surface area contributed by atoms with Crippen molar-refractivity contribution < 1.29 is 28.8 Å². The van der Waals surface area contributed by atoms with Crippen molar-refractivity contribution in [3.8, 4) is 11.5 Å². The molecule has 10 nitrogen and oxygen atoms in total. The van der Waals surface area contributed by atoms with E-state index in [0.717, 1.165) is 17.0 Å². The summed E-state index contributed by atoms with van der Waals surface area (Å²) in [5.41, 5.74) is 0.0720. The Hall–Kier alpha value is -3.74. The minimum atomic E-state index is -0.950. The molecule has 3 rings (SSSR count). The lowest BCUT2D eigenvalue weighted by atomic mass is 10.1. The number of carbonyl (C=O) groups is 3. The maximum Gasteiger partial charge on any atom is 0.335 e. The van der Waals surface area contributed by atoms with E-state index in [4.69, 9.17) is 9.47 Å². The van der Waals surface area contributed by atoms with Crippen molar-refractivity contribution in [2.45, 2.75) is 6.92 Å². The van der Waals surface area contributed by atoms with Crippen LogP contribution in [0.25, 0.3) is 6.08 Å². The lowest BCUT2D eigenvalue weighted by molar-refractivity contribution is -0.384. The molecule has 0 radical (unpaired) electrons. The van der Waals surface area contributed by atoms with Gasteiger partial charge >= 0.3 is 6.03 Å². The molecule has 0 unspecified atom stereocenters. The van der Waals surface area contributed by atoms with E-state index in [1.807, 2.05) is 22.6 Å². The van der Waals surface area contributed by atoms with Crippen molar-refractivity contribution in [2.24, 2.45) is 0 Å². The van der Waals surface area contributed by atoms with Crippen LogP contribution >= 0.6 is 22.6 Å². The third-order valence-electron chi connectivity index (χ3n) is 4.41. The lowest BCUT2D eigenvalue weighted by Crippen LogP contribution is -2.54. The molecule has 1 saturated heterocycles. The van der Waals surface area contributed by atoms with Crippen molar-refractivity contribution >= 4 is 57.9 Å². The first-order chi connectivity index (χ1) is 15.8. The van der Waals surface area contributed by atoms with E-state index >= 15 is 0 Å². The van der Waals surface area contributed by atoms with Gasteiger partial charge in [-0.3, -0.25) is 25.0 Å². The molecular formula is C22H18IN3O7. The number of benzene rings is 2. The van der Waals surface area contributed by atoms with E-state index in [1.165, 1.54) is 18.2 Å². The fourth-order valence-corrected chi connectivity index (χ4v) is 3.78. The first-order valence-electron chi connectivity index (χ1n) is 9.62. The summed E-state index contributed by atoms with van der Waals surface area (Å²) >= 11 is 2.05. The smallest absolute Gasteiger partial charge is 0.335 e. The van der Waals surface area contributed by atoms with E-state index in [1.54, 1.807) is 25.1 Å². The number of hydrogen-bond acceptors (Lipinski definition) is 7. The topological polar surface area (TPSA) is 128 Å². The molecule has 1 N–H and O–H groups in total. The molecular weight excluding hydrogens is 545 g/mol. The number of hydrogen-bond donors (Lipinski definition) is 1.